The predicted molar refractivity (Wildman–Crippen MR) is 105 cm³/mol. The van der Waals surface area contributed by atoms with Crippen LogP contribution in [0.1, 0.15) is 29.8 Å². The number of nitrogens with zero attached hydrogens (tertiary/aromatic N) is 4. The summed E-state index contributed by atoms with van der Waals surface area (Å²) in [5.74, 6) is 3.18. The van der Waals surface area contributed by atoms with Gasteiger partial charge in [-0.3, -0.25) is 4.99 Å². The average molecular weight is 372 g/mol. The number of oxazole rings is 1. The van der Waals surface area contributed by atoms with E-state index in [1.807, 2.05) is 20.0 Å². The first-order valence-corrected chi connectivity index (χ1v) is 9.24. The van der Waals surface area contributed by atoms with Gasteiger partial charge < -0.3 is 24.7 Å². The van der Waals surface area contributed by atoms with Crippen molar-refractivity contribution in [2.45, 2.75) is 40.0 Å². The number of ether oxygens (including phenoxy) is 1. The first kappa shape index (κ1) is 19.2. The van der Waals surface area contributed by atoms with Crippen LogP contribution in [-0.2, 0) is 17.8 Å². The largest absolute Gasteiger partial charge is 0.444 e. The SMILES string of the molecule is CN=C(NCc1ccc(N2CCOC(C)C2)nc1)NCc1nc(C)c(C)o1. The maximum atomic E-state index is 5.58. The van der Waals surface area contributed by atoms with Crippen molar-refractivity contribution in [1.82, 2.24) is 20.6 Å². The van der Waals surface area contributed by atoms with E-state index in [0.717, 1.165) is 42.5 Å². The zero-order valence-electron chi connectivity index (χ0n) is 16.5. The number of nitrogens with one attached hydrogen (secondary N) is 2. The van der Waals surface area contributed by atoms with Crippen molar-refractivity contribution in [2.75, 3.05) is 31.6 Å². The second-order valence-electron chi connectivity index (χ2n) is 6.68. The van der Waals surface area contributed by atoms with Crippen LogP contribution in [0.2, 0.25) is 0 Å². The first-order chi connectivity index (χ1) is 13.0. The lowest BCUT2D eigenvalue weighted by atomic mass is 10.2. The van der Waals surface area contributed by atoms with Crippen molar-refractivity contribution in [3.63, 3.8) is 0 Å². The predicted octanol–water partition coefficient (Wildman–Crippen LogP) is 1.78. The van der Waals surface area contributed by atoms with Gasteiger partial charge in [0, 0.05) is 32.9 Å². The second-order valence-corrected chi connectivity index (χ2v) is 6.68. The Labute approximate surface area is 160 Å². The Balaban J connectivity index is 1.49. The highest BCUT2D eigenvalue weighted by atomic mass is 16.5. The van der Waals surface area contributed by atoms with Crippen LogP contribution in [-0.4, -0.2) is 48.8 Å². The van der Waals surface area contributed by atoms with Gasteiger partial charge in [0.1, 0.15) is 11.6 Å². The molecule has 0 radical (unpaired) electrons. The van der Waals surface area contributed by atoms with Gasteiger partial charge in [-0.05, 0) is 32.4 Å². The van der Waals surface area contributed by atoms with Gasteiger partial charge in [0.15, 0.2) is 5.96 Å². The molecular weight excluding hydrogens is 344 g/mol. The lowest BCUT2D eigenvalue weighted by Crippen LogP contribution is -2.41. The van der Waals surface area contributed by atoms with Gasteiger partial charge in [-0.2, -0.15) is 0 Å². The molecule has 2 aromatic heterocycles. The molecule has 0 aliphatic carbocycles. The highest BCUT2D eigenvalue weighted by Crippen LogP contribution is 2.15. The van der Waals surface area contributed by atoms with E-state index in [1.165, 1.54) is 0 Å². The molecule has 0 bridgehead atoms. The smallest absolute Gasteiger partial charge is 0.214 e. The fourth-order valence-electron chi connectivity index (χ4n) is 2.92. The standard InChI is InChI=1S/C19H28N6O2/c1-13-12-25(7-8-26-13)17-6-5-16(9-21-17)10-22-19(20-4)23-11-18-24-14(2)15(3)27-18/h5-6,9,13H,7-8,10-12H2,1-4H3,(H2,20,22,23). The van der Waals surface area contributed by atoms with E-state index in [0.29, 0.717) is 24.9 Å². The normalized spacial score (nSPS) is 17.9. The number of hydrogen-bond acceptors (Lipinski definition) is 6. The molecule has 2 N–H and O–H groups in total. The molecule has 146 valence electrons. The summed E-state index contributed by atoms with van der Waals surface area (Å²) in [7, 11) is 1.74. The average Bonchev–Trinajstić information content (AvgIpc) is 3.00. The quantitative estimate of drug-likeness (QED) is 0.611. The number of aromatic nitrogens is 2. The number of pyridine rings is 1. The van der Waals surface area contributed by atoms with Gasteiger partial charge in [-0.1, -0.05) is 6.07 Å². The summed E-state index contributed by atoms with van der Waals surface area (Å²) in [6.45, 7) is 9.56. The fraction of sp³-hybridized carbons (Fsp3) is 0.526. The Morgan fingerprint density at radius 1 is 1.30 bits per heavy atom. The van der Waals surface area contributed by atoms with E-state index in [4.69, 9.17) is 9.15 Å². The highest BCUT2D eigenvalue weighted by molar-refractivity contribution is 5.79. The number of morpholine rings is 1. The minimum Gasteiger partial charge on any atom is -0.444 e. The number of rotatable bonds is 5. The molecule has 1 fully saturated rings. The van der Waals surface area contributed by atoms with E-state index >= 15 is 0 Å². The third kappa shape index (κ3) is 5.19. The monoisotopic (exact) mass is 372 g/mol. The van der Waals surface area contributed by atoms with E-state index in [-0.39, 0.29) is 6.10 Å². The molecule has 8 heteroatoms. The molecule has 0 saturated carbocycles. The highest BCUT2D eigenvalue weighted by Gasteiger charge is 2.17. The maximum absolute atomic E-state index is 5.58. The Bertz CT molecular complexity index is 752. The molecule has 1 saturated heterocycles. The molecule has 8 nitrogen and oxygen atoms in total. The number of guanidine groups is 1. The van der Waals surface area contributed by atoms with Crippen molar-refractivity contribution in [1.29, 1.82) is 0 Å². The Morgan fingerprint density at radius 3 is 2.74 bits per heavy atom. The van der Waals surface area contributed by atoms with Gasteiger partial charge in [0.25, 0.3) is 0 Å². The van der Waals surface area contributed by atoms with Crippen LogP contribution in [0.25, 0.3) is 0 Å². The third-order valence-electron chi connectivity index (χ3n) is 4.54. The molecule has 0 amide bonds. The van der Waals surface area contributed by atoms with E-state index < -0.39 is 0 Å². The molecule has 1 atom stereocenters. The third-order valence-corrected chi connectivity index (χ3v) is 4.54. The number of hydrogen-bond donors (Lipinski definition) is 2. The second kappa shape index (κ2) is 8.85. The summed E-state index contributed by atoms with van der Waals surface area (Å²) in [5.41, 5.74) is 2.00. The molecule has 0 aromatic carbocycles. The summed E-state index contributed by atoms with van der Waals surface area (Å²) >= 11 is 0. The van der Waals surface area contributed by atoms with Crippen LogP contribution in [0, 0.1) is 13.8 Å². The molecular formula is C19H28N6O2. The zero-order valence-corrected chi connectivity index (χ0v) is 16.5. The van der Waals surface area contributed by atoms with E-state index in [2.05, 4.69) is 49.6 Å². The Kier molecular flexibility index (Phi) is 6.28. The molecule has 2 aromatic rings. The summed E-state index contributed by atoms with van der Waals surface area (Å²) < 4.78 is 11.2. The van der Waals surface area contributed by atoms with E-state index in [1.54, 1.807) is 7.05 Å². The molecule has 27 heavy (non-hydrogen) atoms. The van der Waals surface area contributed by atoms with Crippen LogP contribution in [0.5, 0.6) is 0 Å². The lowest BCUT2D eigenvalue weighted by molar-refractivity contribution is 0.0529. The Morgan fingerprint density at radius 2 is 2.11 bits per heavy atom. The number of aliphatic imine (C=N–C) groups is 1. The molecule has 3 heterocycles. The van der Waals surface area contributed by atoms with Crippen LogP contribution in [0.3, 0.4) is 0 Å². The topological polar surface area (TPSA) is 87.8 Å². The van der Waals surface area contributed by atoms with Gasteiger partial charge in [-0.15, -0.1) is 0 Å². The lowest BCUT2D eigenvalue weighted by Gasteiger charge is -2.32. The number of aryl methyl sites for hydroxylation is 2. The maximum Gasteiger partial charge on any atom is 0.214 e. The van der Waals surface area contributed by atoms with Crippen LogP contribution in [0.15, 0.2) is 27.7 Å². The van der Waals surface area contributed by atoms with Crippen molar-refractivity contribution in [3.05, 3.63) is 41.2 Å². The van der Waals surface area contributed by atoms with E-state index in [9.17, 15) is 0 Å². The summed E-state index contributed by atoms with van der Waals surface area (Å²) in [6.07, 6.45) is 2.14. The van der Waals surface area contributed by atoms with Crippen LogP contribution >= 0.6 is 0 Å². The molecule has 1 unspecified atom stereocenters. The van der Waals surface area contributed by atoms with Crippen molar-refractivity contribution in [3.8, 4) is 0 Å². The van der Waals surface area contributed by atoms with Gasteiger partial charge >= 0.3 is 0 Å². The summed E-state index contributed by atoms with van der Waals surface area (Å²) in [5, 5.41) is 6.48. The Hall–Kier alpha value is -2.61. The summed E-state index contributed by atoms with van der Waals surface area (Å²) in [6, 6.07) is 4.15. The van der Waals surface area contributed by atoms with Crippen molar-refractivity contribution >= 4 is 11.8 Å². The number of anilines is 1. The molecule has 0 spiro atoms. The van der Waals surface area contributed by atoms with Crippen molar-refractivity contribution in [2.24, 2.45) is 4.99 Å². The van der Waals surface area contributed by atoms with Crippen LogP contribution < -0.4 is 15.5 Å². The van der Waals surface area contributed by atoms with Gasteiger partial charge in [-0.25, -0.2) is 9.97 Å². The van der Waals surface area contributed by atoms with Crippen molar-refractivity contribution < 1.29 is 9.15 Å². The molecule has 1 aliphatic rings. The molecule has 1 aliphatic heterocycles. The van der Waals surface area contributed by atoms with Crippen LogP contribution in [0.4, 0.5) is 5.82 Å². The van der Waals surface area contributed by atoms with Gasteiger partial charge in [0.05, 0.1) is 24.9 Å². The fourth-order valence-corrected chi connectivity index (χ4v) is 2.92. The molecule has 3 rings (SSSR count). The first-order valence-electron chi connectivity index (χ1n) is 9.24. The van der Waals surface area contributed by atoms with Gasteiger partial charge in [0.2, 0.25) is 5.89 Å². The minimum absolute atomic E-state index is 0.243. The zero-order chi connectivity index (χ0) is 19.2. The minimum atomic E-state index is 0.243. The summed E-state index contributed by atoms with van der Waals surface area (Å²) in [4.78, 5) is 15.4.